The number of nitrogens with one attached hydrogen (secondary N) is 1. The predicted octanol–water partition coefficient (Wildman–Crippen LogP) is 4.84. The summed E-state index contributed by atoms with van der Waals surface area (Å²) in [6, 6.07) is 21.1. The maximum Gasteiger partial charge on any atom is 0.234 e. The number of thioether (sulfide) groups is 1. The maximum absolute atomic E-state index is 12.5. The fourth-order valence-electron chi connectivity index (χ4n) is 3.10. The third kappa shape index (κ3) is 6.08. The number of ether oxygens (including phenoxy) is 1. The van der Waals surface area contributed by atoms with Gasteiger partial charge in [-0.1, -0.05) is 48.2 Å². The van der Waals surface area contributed by atoms with E-state index in [0.29, 0.717) is 29.8 Å². The van der Waals surface area contributed by atoms with Crippen LogP contribution in [0.4, 0.5) is 5.69 Å². The maximum atomic E-state index is 12.5. The fourth-order valence-corrected chi connectivity index (χ4v) is 3.85. The summed E-state index contributed by atoms with van der Waals surface area (Å²) in [5.41, 5.74) is 2.66. The van der Waals surface area contributed by atoms with Crippen LogP contribution in [0.3, 0.4) is 0 Å². The molecule has 7 nitrogen and oxygen atoms in total. The van der Waals surface area contributed by atoms with Crippen LogP contribution < -0.4 is 10.1 Å². The number of benzene rings is 2. The van der Waals surface area contributed by atoms with Crippen LogP contribution in [-0.4, -0.2) is 31.4 Å². The molecule has 0 aliphatic rings. The first-order valence-electron chi connectivity index (χ1n) is 10.4. The molecule has 0 aliphatic heterocycles. The summed E-state index contributed by atoms with van der Waals surface area (Å²) in [7, 11) is 0. The molecule has 0 bridgehead atoms. The lowest BCUT2D eigenvalue weighted by Crippen LogP contribution is -2.14. The molecule has 0 saturated heterocycles. The first-order chi connectivity index (χ1) is 16.2. The topological polar surface area (TPSA) is 81.9 Å². The Morgan fingerprint density at radius 2 is 1.88 bits per heavy atom. The highest BCUT2D eigenvalue weighted by atomic mass is 32.2. The van der Waals surface area contributed by atoms with E-state index >= 15 is 0 Å². The van der Waals surface area contributed by atoms with Crippen molar-refractivity contribution in [3.8, 4) is 17.1 Å². The summed E-state index contributed by atoms with van der Waals surface area (Å²) in [4.78, 5) is 16.6. The highest BCUT2D eigenvalue weighted by molar-refractivity contribution is 7.99. The van der Waals surface area contributed by atoms with Gasteiger partial charge in [-0.05, 0) is 42.0 Å². The second-order valence-electron chi connectivity index (χ2n) is 7.08. The molecule has 2 aromatic heterocycles. The molecule has 0 saturated carbocycles. The number of carbonyl (C=O) groups excluding carboxylic acids is 1. The van der Waals surface area contributed by atoms with Crippen molar-refractivity contribution in [3.05, 3.63) is 97.3 Å². The molecule has 1 amide bonds. The van der Waals surface area contributed by atoms with E-state index in [4.69, 9.17) is 4.74 Å². The Kier molecular flexibility index (Phi) is 7.50. The lowest BCUT2D eigenvalue weighted by Gasteiger charge is -2.09. The summed E-state index contributed by atoms with van der Waals surface area (Å²) in [5.74, 6) is 1.51. The van der Waals surface area contributed by atoms with Crippen molar-refractivity contribution in [1.82, 2.24) is 19.7 Å². The van der Waals surface area contributed by atoms with Crippen molar-refractivity contribution < 1.29 is 9.53 Å². The second kappa shape index (κ2) is 11.1. The van der Waals surface area contributed by atoms with Crippen LogP contribution in [0.25, 0.3) is 11.4 Å². The minimum atomic E-state index is -0.131. The van der Waals surface area contributed by atoms with Gasteiger partial charge < -0.3 is 10.1 Å². The Bertz CT molecular complexity index is 1190. The highest BCUT2D eigenvalue weighted by Gasteiger charge is 2.15. The van der Waals surface area contributed by atoms with Gasteiger partial charge in [0.25, 0.3) is 0 Å². The number of hydrogen-bond acceptors (Lipinski definition) is 6. The average molecular weight is 458 g/mol. The van der Waals surface area contributed by atoms with Crippen molar-refractivity contribution in [3.63, 3.8) is 0 Å². The molecule has 0 atom stereocenters. The molecule has 8 heteroatoms. The van der Waals surface area contributed by atoms with Crippen molar-refractivity contribution in [2.75, 3.05) is 11.1 Å². The normalized spacial score (nSPS) is 10.5. The van der Waals surface area contributed by atoms with E-state index < -0.39 is 0 Å². The van der Waals surface area contributed by atoms with Gasteiger partial charge in [-0.25, -0.2) is 0 Å². The lowest BCUT2D eigenvalue weighted by molar-refractivity contribution is -0.113. The van der Waals surface area contributed by atoms with E-state index in [1.807, 2.05) is 71.3 Å². The summed E-state index contributed by atoms with van der Waals surface area (Å²) >= 11 is 1.32. The molecule has 2 heterocycles. The molecule has 0 unspecified atom stereocenters. The van der Waals surface area contributed by atoms with Crippen molar-refractivity contribution >= 4 is 23.4 Å². The Morgan fingerprint density at radius 3 is 2.61 bits per heavy atom. The number of rotatable bonds is 10. The van der Waals surface area contributed by atoms with Gasteiger partial charge in [0, 0.05) is 30.2 Å². The van der Waals surface area contributed by atoms with Gasteiger partial charge in [0.1, 0.15) is 12.4 Å². The van der Waals surface area contributed by atoms with Gasteiger partial charge in [0.2, 0.25) is 5.91 Å². The minimum absolute atomic E-state index is 0.131. The number of carbonyl (C=O) groups is 1. The summed E-state index contributed by atoms with van der Waals surface area (Å²) in [6.45, 7) is 4.84. The molecule has 4 aromatic rings. The molecule has 0 radical (unpaired) electrons. The van der Waals surface area contributed by atoms with Crippen LogP contribution in [0.15, 0.2) is 96.9 Å². The monoisotopic (exact) mass is 457 g/mol. The summed E-state index contributed by atoms with van der Waals surface area (Å²) in [5, 5.41) is 12.1. The molecular formula is C25H23N5O2S. The standard InChI is InChI=1S/C25H23N5O2S/c1-2-15-30-24(20-9-6-14-26-16-20)28-29-25(30)33-18-23(31)27-21-10-12-22(13-11-21)32-17-19-7-4-3-5-8-19/h2-14,16H,1,15,17-18H2,(H,27,31). The number of amides is 1. The van der Waals surface area contributed by atoms with E-state index in [2.05, 4.69) is 27.1 Å². The van der Waals surface area contributed by atoms with Gasteiger partial charge >= 0.3 is 0 Å². The highest BCUT2D eigenvalue weighted by Crippen LogP contribution is 2.24. The van der Waals surface area contributed by atoms with E-state index in [1.165, 1.54) is 11.8 Å². The Labute approximate surface area is 196 Å². The van der Waals surface area contributed by atoms with Crippen LogP contribution in [0.2, 0.25) is 0 Å². The smallest absolute Gasteiger partial charge is 0.234 e. The van der Waals surface area contributed by atoms with Crippen LogP contribution >= 0.6 is 11.8 Å². The zero-order valence-corrected chi connectivity index (χ0v) is 18.7. The van der Waals surface area contributed by atoms with Crippen LogP contribution in [0, 0.1) is 0 Å². The number of nitrogens with zero attached hydrogens (tertiary/aromatic N) is 4. The molecule has 0 aliphatic carbocycles. The van der Waals surface area contributed by atoms with E-state index in [9.17, 15) is 4.79 Å². The molecule has 33 heavy (non-hydrogen) atoms. The molecule has 0 fully saturated rings. The fraction of sp³-hybridized carbons (Fsp3) is 0.120. The first kappa shape index (κ1) is 22.3. The number of anilines is 1. The van der Waals surface area contributed by atoms with Gasteiger partial charge in [0.05, 0.1) is 5.75 Å². The first-order valence-corrected chi connectivity index (χ1v) is 11.4. The second-order valence-corrected chi connectivity index (χ2v) is 8.03. The van der Waals surface area contributed by atoms with E-state index in [1.54, 1.807) is 18.5 Å². The third-order valence-electron chi connectivity index (χ3n) is 4.67. The molecular weight excluding hydrogens is 434 g/mol. The average Bonchev–Trinajstić information content (AvgIpc) is 3.26. The SMILES string of the molecule is C=CCn1c(SCC(=O)Nc2ccc(OCc3ccccc3)cc2)nnc1-c1cccnc1. The molecule has 2 aromatic carbocycles. The van der Waals surface area contributed by atoms with Crippen LogP contribution in [-0.2, 0) is 17.9 Å². The zero-order valence-electron chi connectivity index (χ0n) is 17.9. The van der Waals surface area contributed by atoms with E-state index in [-0.39, 0.29) is 11.7 Å². The zero-order chi connectivity index (χ0) is 22.9. The number of aromatic nitrogens is 4. The minimum Gasteiger partial charge on any atom is -0.489 e. The van der Waals surface area contributed by atoms with E-state index in [0.717, 1.165) is 16.9 Å². The number of pyridine rings is 1. The number of hydrogen-bond donors (Lipinski definition) is 1. The van der Waals surface area contributed by atoms with Gasteiger partial charge in [-0.2, -0.15) is 0 Å². The molecule has 166 valence electrons. The Hall–Kier alpha value is -3.91. The van der Waals surface area contributed by atoms with Gasteiger partial charge in [-0.3, -0.25) is 14.3 Å². The summed E-state index contributed by atoms with van der Waals surface area (Å²) < 4.78 is 7.70. The van der Waals surface area contributed by atoms with Crippen molar-refractivity contribution in [2.24, 2.45) is 0 Å². The lowest BCUT2D eigenvalue weighted by atomic mass is 10.2. The Balaban J connectivity index is 1.32. The summed E-state index contributed by atoms with van der Waals surface area (Å²) in [6.07, 6.45) is 5.21. The van der Waals surface area contributed by atoms with Gasteiger partial charge in [-0.15, -0.1) is 16.8 Å². The predicted molar refractivity (Wildman–Crippen MR) is 130 cm³/mol. The quantitative estimate of drug-likeness (QED) is 0.271. The van der Waals surface area contributed by atoms with Crippen molar-refractivity contribution in [2.45, 2.75) is 18.3 Å². The van der Waals surface area contributed by atoms with Crippen molar-refractivity contribution in [1.29, 1.82) is 0 Å². The molecule has 0 spiro atoms. The van der Waals surface area contributed by atoms with Crippen LogP contribution in [0.5, 0.6) is 5.75 Å². The molecule has 1 N–H and O–H groups in total. The largest absolute Gasteiger partial charge is 0.489 e. The molecule has 4 rings (SSSR count). The third-order valence-corrected chi connectivity index (χ3v) is 5.63. The van der Waals surface area contributed by atoms with Crippen LogP contribution in [0.1, 0.15) is 5.56 Å². The van der Waals surface area contributed by atoms with Gasteiger partial charge in [0.15, 0.2) is 11.0 Å². The number of allylic oxidation sites excluding steroid dienone is 1. The Morgan fingerprint density at radius 1 is 1.06 bits per heavy atom.